The summed E-state index contributed by atoms with van der Waals surface area (Å²) in [6.45, 7) is 6.55. The number of carbonyl (C=O) groups excluding carboxylic acids is 1. The number of hydrogen-bond donors (Lipinski definition) is 1. The number of rotatable bonds is 13. The highest BCUT2D eigenvalue weighted by molar-refractivity contribution is 6.46. The predicted molar refractivity (Wildman–Crippen MR) is 113 cm³/mol. The zero-order valence-corrected chi connectivity index (χ0v) is 18.4. The monoisotopic (exact) mass is 416 g/mol. The van der Waals surface area contributed by atoms with Crippen LogP contribution >= 0.6 is 23.2 Å². The van der Waals surface area contributed by atoms with Crippen molar-refractivity contribution >= 4 is 35.0 Å². The van der Waals surface area contributed by atoms with Crippen LogP contribution in [0.5, 0.6) is 0 Å². The molecular weight excluding hydrogens is 383 g/mol. The molecule has 3 nitrogen and oxygen atoms in total. The summed E-state index contributed by atoms with van der Waals surface area (Å²) in [7, 11) is 0. The average Bonchev–Trinajstić information content (AvgIpc) is 2.87. The minimum atomic E-state index is -0.752. The van der Waals surface area contributed by atoms with Crippen LogP contribution in [0.1, 0.15) is 78.6 Å². The van der Waals surface area contributed by atoms with Gasteiger partial charge in [-0.1, -0.05) is 50.9 Å². The first-order valence-corrected chi connectivity index (χ1v) is 11.0. The number of hydrogen-bond acceptors (Lipinski definition) is 2. The quantitative estimate of drug-likeness (QED) is 0.205. The summed E-state index contributed by atoms with van der Waals surface area (Å²) in [5, 5.41) is 9.22. The third-order valence-electron chi connectivity index (χ3n) is 5.31. The zero-order chi connectivity index (χ0) is 20.4. The van der Waals surface area contributed by atoms with Gasteiger partial charge in [-0.05, 0) is 56.8 Å². The number of Topliss-reactive ketones (excluding diaryl/α,β-unsaturated/α-hetero) is 1. The van der Waals surface area contributed by atoms with E-state index in [9.17, 15) is 9.59 Å². The highest BCUT2D eigenvalue weighted by atomic mass is 35.5. The maximum atomic E-state index is 12.3. The van der Waals surface area contributed by atoms with E-state index in [0.29, 0.717) is 23.3 Å². The van der Waals surface area contributed by atoms with E-state index >= 15 is 0 Å². The molecule has 5 heteroatoms. The van der Waals surface area contributed by atoms with Gasteiger partial charge in [-0.15, -0.1) is 11.6 Å². The van der Waals surface area contributed by atoms with Gasteiger partial charge in [0, 0.05) is 23.3 Å². The molecule has 0 saturated heterocycles. The van der Waals surface area contributed by atoms with Crippen LogP contribution in [0.15, 0.2) is 22.8 Å². The third-order valence-corrected chi connectivity index (χ3v) is 6.33. The average molecular weight is 417 g/mol. The lowest BCUT2D eigenvalue weighted by Crippen LogP contribution is -2.10. The molecule has 0 aromatic rings. The fourth-order valence-corrected chi connectivity index (χ4v) is 3.76. The summed E-state index contributed by atoms with van der Waals surface area (Å²) in [5.74, 6) is 0.394. The van der Waals surface area contributed by atoms with Gasteiger partial charge < -0.3 is 5.11 Å². The van der Waals surface area contributed by atoms with E-state index in [4.69, 9.17) is 28.3 Å². The summed E-state index contributed by atoms with van der Waals surface area (Å²) < 4.78 is 0. The van der Waals surface area contributed by atoms with E-state index in [1.807, 2.05) is 12.2 Å². The van der Waals surface area contributed by atoms with Gasteiger partial charge in [-0.3, -0.25) is 9.59 Å². The number of unbranched alkanes of at least 4 members (excludes halogenated alkanes) is 3. The van der Waals surface area contributed by atoms with Gasteiger partial charge in [0.15, 0.2) is 5.78 Å². The number of allylic oxidation sites excluding steroid dienone is 4. The number of carbonyl (C=O) groups is 2. The van der Waals surface area contributed by atoms with Gasteiger partial charge >= 0.3 is 5.97 Å². The van der Waals surface area contributed by atoms with Gasteiger partial charge in [0.2, 0.25) is 0 Å². The van der Waals surface area contributed by atoms with E-state index in [-0.39, 0.29) is 23.5 Å². The normalized spacial score (nSPS) is 21.0. The Bertz CT molecular complexity index is 552. The summed E-state index contributed by atoms with van der Waals surface area (Å²) in [4.78, 5) is 22.8. The molecule has 27 heavy (non-hydrogen) atoms. The first-order chi connectivity index (χ1) is 12.7. The van der Waals surface area contributed by atoms with Gasteiger partial charge in [0.25, 0.3) is 0 Å². The molecule has 1 rings (SSSR count). The summed E-state index contributed by atoms with van der Waals surface area (Å²) in [6.07, 6.45) is 11.5. The smallest absolute Gasteiger partial charge is 0.303 e. The molecule has 0 radical (unpaired) electrons. The number of carboxylic acid groups (broad SMARTS) is 1. The fraction of sp³-hybridized carbons (Fsp3) is 0.727. The molecule has 1 aliphatic rings. The molecule has 0 aliphatic heterocycles. The number of ketones is 1. The largest absolute Gasteiger partial charge is 0.481 e. The molecular formula is C22H34Cl2O3. The Morgan fingerprint density at radius 2 is 1.89 bits per heavy atom. The van der Waals surface area contributed by atoms with Crippen LogP contribution in [0, 0.1) is 17.8 Å². The van der Waals surface area contributed by atoms with Gasteiger partial charge in [0.1, 0.15) is 0 Å². The van der Waals surface area contributed by atoms with Crippen LogP contribution in [-0.2, 0) is 9.59 Å². The summed E-state index contributed by atoms with van der Waals surface area (Å²) >= 11 is 12.4. The van der Waals surface area contributed by atoms with Crippen LogP contribution in [-0.4, -0.2) is 22.2 Å². The van der Waals surface area contributed by atoms with E-state index < -0.39 is 5.97 Å². The second-order valence-electron chi connectivity index (χ2n) is 8.12. The number of halogens is 2. The number of aliphatic carboxylic acids is 1. The topological polar surface area (TPSA) is 54.4 Å². The highest BCUT2D eigenvalue weighted by Crippen LogP contribution is 2.34. The van der Waals surface area contributed by atoms with Crippen molar-refractivity contribution in [2.24, 2.45) is 17.8 Å². The lowest BCUT2D eigenvalue weighted by Gasteiger charge is -2.18. The third kappa shape index (κ3) is 9.30. The Labute approximate surface area is 174 Å². The van der Waals surface area contributed by atoms with Crippen LogP contribution in [0.4, 0.5) is 0 Å². The summed E-state index contributed by atoms with van der Waals surface area (Å²) in [5.41, 5.74) is 0.822. The first-order valence-electron chi connectivity index (χ1n) is 10.2. The molecule has 0 heterocycles. The predicted octanol–water partition coefficient (Wildman–Crippen LogP) is 6.73. The summed E-state index contributed by atoms with van der Waals surface area (Å²) in [6, 6.07) is 0. The van der Waals surface area contributed by atoms with Crippen molar-refractivity contribution in [1.82, 2.24) is 0 Å². The lowest BCUT2D eigenvalue weighted by atomic mass is 9.89. The lowest BCUT2D eigenvalue weighted by molar-refractivity contribution is -0.137. The standard InChI is InChI=1S/C22H34Cl2O3/c1-15(2)19(23)13-11-16(3)10-12-17-14-20(24)22(27)18(17)8-6-4-5-7-9-21(25)26/h8,14-17,19H,4-7,9-13H2,1-3H3,(H,25,26). The molecule has 0 amide bonds. The van der Waals surface area contributed by atoms with Gasteiger partial charge in [0.05, 0.1) is 5.03 Å². The van der Waals surface area contributed by atoms with E-state index in [0.717, 1.165) is 50.5 Å². The van der Waals surface area contributed by atoms with Crippen molar-refractivity contribution in [2.75, 3.05) is 0 Å². The second-order valence-corrected chi connectivity index (χ2v) is 9.09. The molecule has 0 aromatic carbocycles. The maximum Gasteiger partial charge on any atom is 0.303 e. The van der Waals surface area contributed by atoms with Crippen molar-refractivity contribution in [3.63, 3.8) is 0 Å². The van der Waals surface area contributed by atoms with E-state index in [2.05, 4.69) is 20.8 Å². The van der Waals surface area contributed by atoms with Crippen LogP contribution in [0.3, 0.4) is 0 Å². The van der Waals surface area contributed by atoms with Gasteiger partial charge in [-0.25, -0.2) is 0 Å². The van der Waals surface area contributed by atoms with Crippen molar-refractivity contribution in [2.45, 2.75) is 83.9 Å². The number of carboxylic acids is 1. The first kappa shape index (κ1) is 24.2. The Morgan fingerprint density at radius 3 is 2.52 bits per heavy atom. The van der Waals surface area contributed by atoms with E-state index in [1.54, 1.807) is 0 Å². The molecule has 0 spiro atoms. The Balaban J connectivity index is 2.43. The Morgan fingerprint density at radius 1 is 1.19 bits per heavy atom. The highest BCUT2D eigenvalue weighted by Gasteiger charge is 2.28. The van der Waals surface area contributed by atoms with Crippen LogP contribution in [0.2, 0.25) is 0 Å². The van der Waals surface area contributed by atoms with Crippen molar-refractivity contribution in [1.29, 1.82) is 0 Å². The maximum absolute atomic E-state index is 12.3. The van der Waals surface area contributed by atoms with Crippen molar-refractivity contribution in [3.8, 4) is 0 Å². The molecule has 0 bridgehead atoms. The molecule has 0 saturated carbocycles. The molecule has 3 atom stereocenters. The number of alkyl halides is 1. The minimum absolute atomic E-state index is 0.0412. The minimum Gasteiger partial charge on any atom is -0.481 e. The molecule has 0 fully saturated rings. The van der Waals surface area contributed by atoms with Crippen LogP contribution < -0.4 is 0 Å². The van der Waals surface area contributed by atoms with Crippen molar-refractivity contribution < 1.29 is 14.7 Å². The molecule has 154 valence electrons. The van der Waals surface area contributed by atoms with E-state index in [1.165, 1.54) is 0 Å². The Kier molecular flexibility index (Phi) is 11.3. The molecule has 3 unspecified atom stereocenters. The fourth-order valence-electron chi connectivity index (χ4n) is 3.37. The zero-order valence-electron chi connectivity index (χ0n) is 16.8. The molecule has 1 aliphatic carbocycles. The van der Waals surface area contributed by atoms with Crippen molar-refractivity contribution in [3.05, 3.63) is 22.8 Å². The molecule has 0 aromatic heterocycles. The van der Waals surface area contributed by atoms with Gasteiger partial charge in [-0.2, -0.15) is 0 Å². The molecule has 1 N–H and O–H groups in total. The second kappa shape index (κ2) is 12.6. The Hall–Kier alpha value is -0.800. The SMILES string of the molecule is CC(CCC1C=C(Cl)C(=O)C1=CCCCCCC(=O)O)CCC(Cl)C(C)C. The van der Waals surface area contributed by atoms with Crippen LogP contribution in [0.25, 0.3) is 0 Å².